The van der Waals surface area contributed by atoms with Crippen molar-refractivity contribution in [3.8, 4) is 0 Å². The molecule has 0 fully saturated rings. The summed E-state index contributed by atoms with van der Waals surface area (Å²) in [5.74, 6) is 3.38. The number of benzene rings is 1. The Kier molecular flexibility index (Phi) is 4.35. The Morgan fingerprint density at radius 3 is 2.26 bits per heavy atom. The Morgan fingerprint density at radius 2 is 1.74 bits per heavy atom. The van der Waals surface area contributed by atoms with E-state index in [1.807, 2.05) is 0 Å². The number of aryl methyl sites for hydroxylation is 1. The van der Waals surface area contributed by atoms with Gasteiger partial charge >= 0.3 is 0 Å². The van der Waals surface area contributed by atoms with Crippen LogP contribution >= 0.6 is 11.8 Å². The molecule has 0 aromatic heterocycles. The lowest BCUT2D eigenvalue weighted by Gasteiger charge is -2.36. The molecule has 0 amide bonds. The van der Waals surface area contributed by atoms with Gasteiger partial charge in [0.1, 0.15) is 0 Å². The summed E-state index contributed by atoms with van der Waals surface area (Å²) in [7, 11) is 0. The highest BCUT2D eigenvalue weighted by molar-refractivity contribution is 7.99. The molecule has 2 rings (SSSR count). The SMILES string of the molecule is Cc1cc(C(C)C)c2c(c1C)[C@@H](C)SCC2C(C)C. The van der Waals surface area contributed by atoms with Crippen LogP contribution in [0.1, 0.15) is 79.5 Å². The monoisotopic (exact) mass is 276 g/mol. The van der Waals surface area contributed by atoms with Crippen molar-refractivity contribution in [2.75, 3.05) is 5.75 Å². The van der Waals surface area contributed by atoms with Crippen LogP contribution in [-0.4, -0.2) is 5.75 Å². The zero-order chi connectivity index (χ0) is 14.3. The van der Waals surface area contributed by atoms with Crippen molar-refractivity contribution < 1.29 is 0 Å². The van der Waals surface area contributed by atoms with Crippen molar-refractivity contribution >= 4 is 11.8 Å². The molecule has 0 spiro atoms. The molecular formula is C18H28S. The zero-order valence-electron chi connectivity index (χ0n) is 13.5. The first-order valence-electron chi connectivity index (χ1n) is 7.60. The topological polar surface area (TPSA) is 0 Å². The minimum absolute atomic E-state index is 0.629. The molecule has 2 atom stereocenters. The average molecular weight is 276 g/mol. The highest BCUT2D eigenvalue weighted by atomic mass is 32.2. The smallest absolute Gasteiger partial charge is 0.0274 e. The van der Waals surface area contributed by atoms with Crippen LogP contribution in [0.5, 0.6) is 0 Å². The predicted molar refractivity (Wildman–Crippen MR) is 88.5 cm³/mol. The van der Waals surface area contributed by atoms with E-state index in [1.54, 1.807) is 16.7 Å². The van der Waals surface area contributed by atoms with Gasteiger partial charge in [-0.25, -0.2) is 0 Å². The minimum Gasteiger partial charge on any atom is -0.153 e. The zero-order valence-corrected chi connectivity index (χ0v) is 14.3. The molecule has 0 aliphatic carbocycles. The molecule has 0 radical (unpaired) electrons. The third-order valence-electron chi connectivity index (χ3n) is 4.70. The van der Waals surface area contributed by atoms with Gasteiger partial charge in [0.05, 0.1) is 0 Å². The molecule has 1 aromatic carbocycles. The van der Waals surface area contributed by atoms with E-state index in [2.05, 4.69) is 66.3 Å². The second-order valence-corrected chi connectivity index (χ2v) is 8.09. The fraction of sp³-hybridized carbons (Fsp3) is 0.667. The Balaban J connectivity index is 2.73. The van der Waals surface area contributed by atoms with Gasteiger partial charge < -0.3 is 0 Å². The maximum Gasteiger partial charge on any atom is 0.0274 e. The molecule has 1 unspecified atom stereocenters. The Labute approximate surface area is 123 Å². The quantitative estimate of drug-likeness (QED) is 0.641. The van der Waals surface area contributed by atoms with Crippen LogP contribution < -0.4 is 0 Å². The third-order valence-corrected chi connectivity index (χ3v) is 5.99. The molecule has 1 aliphatic heterocycles. The lowest BCUT2D eigenvalue weighted by atomic mass is 9.77. The molecule has 19 heavy (non-hydrogen) atoms. The van der Waals surface area contributed by atoms with Crippen LogP contribution in [0.4, 0.5) is 0 Å². The fourth-order valence-electron chi connectivity index (χ4n) is 3.35. The van der Waals surface area contributed by atoms with E-state index in [0.717, 1.165) is 11.8 Å². The van der Waals surface area contributed by atoms with Crippen LogP contribution in [0.2, 0.25) is 0 Å². The summed E-state index contributed by atoms with van der Waals surface area (Å²) in [6.07, 6.45) is 0. The van der Waals surface area contributed by atoms with Crippen molar-refractivity contribution in [1.29, 1.82) is 0 Å². The van der Waals surface area contributed by atoms with Crippen molar-refractivity contribution in [3.05, 3.63) is 33.9 Å². The molecule has 0 saturated heterocycles. The summed E-state index contributed by atoms with van der Waals surface area (Å²) in [6, 6.07) is 2.46. The molecule has 0 N–H and O–H groups in total. The molecule has 1 heteroatoms. The Morgan fingerprint density at radius 1 is 1.11 bits per heavy atom. The first-order valence-corrected chi connectivity index (χ1v) is 8.64. The summed E-state index contributed by atoms with van der Waals surface area (Å²) in [5.41, 5.74) is 7.95. The Hall–Kier alpha value is -0.430. The van der Waals surface area contributed by atoms with Gasteiger partial charge in [-0.15, -0.1) is 0 Å². The molecule has 0 saturated carbocycles. The number of hydrogen-bond donors (Lipinski definition) is 0. The number of thioether (sulfide) groups is 1. The van der Waals surface area contributed by atoms with Crippen molar-refractivity contribution in [2.45, 2.75) is 65.6 Å². The van der Waals surface area contributed by atoms with Gasteiger partial charge in [-0.3, -0.25) is 0 Å². The van der Waals surface area contributed by atoms with Gasteiger partial charge in [0.2, 0.25) is 0 Å². The van der Waals surface area contributed by atoms with Crippen LogP contribution in [0.15, 0.2) is 6.07 Å². The summed E-state index contributed by atoms with van der Waals surface area (Å²) in [4.78, 5) is 0. The molecular weight excluding hydrogens is 248 g/mol. The van der Waals surface area contributed by atoms with E-state index in [9.17, 15) is 0 Å². The first kappa shape index (κ1) is 15.0. The predicted octanol–water partition coefficient (Wildman–Crippen LogP) is 5.97. The van der Waals surface area contributed by atoms with Gasteiger partial charge in [-0.2, -0.15) is 11.8 Å². The van der Waals surface area contributed by atoms with E-state index in [1.165, 1.54) is 16.9 Å². The average Bonchev–Trinajstić information content (AvgIpc) is 2.32. The molecule has 1 heterocycles. The van der Waals surface area contributed by atoms with Crippen LogP contribution in [-0.2, 0) is 0 Å². The van der Waals surface area contributed by atoms with Gasteiger partial charge in [0.25, 0.3) is 0 Å². The fourth-order valence-corrected chi connectivity index (χ4v) is 4.86. The normalized spacial score (nSPS) is 23.0. The largest absolute Gasteiger partial charge is 0.153 e. The highest BCUT2D eigenvalue weighted by Crippen LogP contribution is 2.49. The summed E-state index contributed by atoms with van der Waals surface area (Å²) in [5, 5.41) is 0.655. The highest BCUT2D eigenvalue weighted by Gasteiger charge is 2.31. The summed E-state index contributed by atoms with van der Waals surface area (Å²) < 4.78 is 0. The van der Waals surface area contributed by atoms with Crippen LogP contribution in [0.25, 0.3) is 0 Å². The van der Waals surface area contributed by atoms with Crippen molar-refractivity contribution in [3.63, 3.8) is 0 Å². The summed E-state index contributed by atoms with van der Waals surface area (Å²) in [6.45, 7) is 16.4. The van der Waals surface area contributed by atoms with E-state index >= 15 is 0 Å². The molecule has 0 nitrogen and oxygen atoms in total. The lowest BCUT2D eigenvalue weighted by molar-refractivity contribution is 0.525. The summed E-state index contributed by atoms with van der Waals surface area (Å²) >= 11 is 2.14. The Bertz CT molecular complexity index is 471. The second kappa shape index (κ2) is 5.52. The van der Waals surface area contributed by atoms with Crippen molar-refractivity contribution in [1.82, 2.24) is 0 Å². The molecule has 106 valence electrons. The molecule has 1 aliphatic rings. The number of hydrogen-bond acceptors (Lipinski definition) is 1. The van der Waals surface area contributed by atoms with E-state index in [0.29, 0.717) is 11.2 Å². The lowest BCUT2D eigenvalue weighted by Crippen LogP contribution is -2.22. The van der Waals surface area contributed by atoms with Gasteiger partial charge in [0, 0.05) is 11.0 Å². The second-order valence-electron chi connectivity index (χ2n) is 6.72. The minimum atomic E-state index is 0.629. The maximum atomic E-state index is 2.46. The van der Waals surface area contributed by atoms with E-state index in [4.69, 9.17) is 0 Å². The first-order chi connectivity index (χ1) is 8.84. The molecule has 1 aromatic rings. The van der Waals surface area contributed by atoms with Gasteiger partial charge in [-0.05, 0) is 66.3 Å². The van der Waals surface area contributed by atoms with Crippen LogP contribution in [0, 0.1) is 19.8 Å². The van der Waals surface area contributed by atoms with Gasteiger partial charge in [0.15, 0.2) is 0 Å². The van der Waals surface area contributed by atoms with E-state index in [-0.39, 0.29) is 0 Å². The van der Waals surface area contributed by atoms with Crippen molar-refractivity contribution in [2.24, 2.45) is 5.92 Å². The van der Waals surface area contributed by atoms with Gasteiger partial charge in [-0.1, -0.05) is 33.8 Å². The number of rotatable bonds is 2. The molecule has 0 bridgehead atoms. The number of fused-ring (bicyclic) bond motifs is 1. The maximum absolute atomic E-state index is 2.46. The van der Waals surface area contributed by atoms with E-state index < -0.39 is 0 Å². The van der Waals surface area contributed by atoms with Crippen LogP contribution in [0.3, 0.4) is 0 Å². The standard InChI is InChI=1S/C18H28S/c1-10(2)15-8-12(5)13(6)17-14(7)19-9-16(11(3)4)18(15)17/h8,10-11,14,16H,9H2,1-7H3/t14-,16?/m1/s1. The third kappa shape index (κ3) is 2.59.